The number of carbonyl (C=O) groups is 1. The first-order valence-corrected chi connectivity index (χ1v) is 11.5. The first-order chi connectivity index (χ1) is 12.9. The minimum absolute atomic E-state index is 0.0738. The number of carbonyl (C=O) groups excluding carboxylic acids is 1. The fourth-order valence-electron chi connectivity index (χ4n) is 3.59. The maximum atomic E-state index is 11.6. The van der Waals surface area contributed by atoms with Crippen LogP contribution >= 0.6 is 0 Å². The number of hydrogen-bond donors (Lipinski definition) is 3. The van der Waals surface area contributed by atoms with Gasteiger partial charge in [-0.1, -0.05) is 50.1 Å². The number of nitrogens with zero attached hydrogens (tertiary/aromatic N) is 2. The van der Waals surface area contributed by atoms with Gasteiger partial charge in [-0.15, -0.1) is 0 Å². The van der Waals surface area contributed by atoms with Gasteiger partial charge in [-0.2, -0.15) is 4.98 Å². The van der Waals surface area contributed by atoms with Crippen LogP contribution in [0.2, 0.25) is 0 Å². The van der Waals surface area contributed by atoms with Gasteiger partial charge < -0.3 is 4.52 Å². The number of rotatable bonds is 11. The van der Waals surface area contributed by atoms with E-state index in [1.807, 2.05) is 0 Å². The van der Waals surface area contributed by atoms with E-state index in [-0.39, 0.29) is 18.9 Å². The highest BCUT2D eigenvalue weighted by Crippen LogP contribution is 2.31. The average Bonchev–Trinajstić information content (AvgIpc) is 3.09. The van der Waals surface area contributed by atoms with Gasteiger partial charge in [-0.25, -0.2) is 18.6 Å². The SMILES string of the molecule is CS(=O)(=O)NCCc1noc([C@H](CCCC2CCCCC2)CC(=O)NO)n1. The zero-order valence-electron chi connectivity index (χ0n) is 15.8. The molecule has 1 aliphatic carbocycles. The Labute approximate surface area is 160 Å². The predicted octanol–water partition coefficient (Wildman–Crippen LogP) is 1.89. The molecule has 0 saturated heterocycles. The molecule has 0 radical (unpaired) electrons. The van der Waals surface area contributed by atoms with Gasteiger partial charge in [0.05, 0.1) is 6.26 Å². The van der Waals surface area contributed by atoms with Gasteiger partial charge in [0.15, 0.2) is 5.82 Å². The lowest BCUT2D eigenvalue weighted by molar-refractivity contribution is -0.129. The summed E-state index contributed by atoms with van der Waals surface area (Å²) in [6.07, 6.45) is 10.8. The molecule has 1 aromatic rings. The smallest absolute Gasteiger partial charge is 0.244 e. The summed E-state index contributed by atoms with van der Waals surface area (Å²) in [7, 11) is -3.26. The van der Waals surface area contributed by atoms with Crippen molar-refractivity contribution in [2.75, 3.05) is 12.8 Å². The third kappa shape index (κ3) is 8.35. The number of sulfonamides is 1. The molecule has 1 atom stereocenters. The van der Waals surface area contributed by atoms with Crippen molar-refractivity contribution < 1.29 is 22.9 Å². The maximum Gasteiger partial charge on any atom is 0.244 e. The molecular formula is C17H30N4O5S. The van der Waals surface area contributed by atoms with Crippen LogP contribution in [0.25, 0.3) is 0 Å². The lowest BCUT2D eigenvalue weighted by Crippen LogP contribution is -2.24. The van der Waals surface area contributed by atoms with Crippen molar-refractivity contribution in [2.45, 2.75) is 70.1 Å². The molecule has 0 aliphatic heterocycles. The summed E-state index contributed by atoms with van der Waals surface area (Å²) in [4.78, 5) is 15.9. The van der Waals surface area contributed by atoms with Crippen LogP contribution in [-0.4, -0.2) is 42.5 Å². The Kier molecular flexibility index (Phi) is 8.65. The van der Waals surface area contributed by atoms with Crippen molar-refractivity contribution in [1.29, 1.82) is 0 Å². The Balaban J connectivity index is 1.89. The highest BCUT2D eigenvalue weighted by atomic mass is 32.2. The number of hydrogen-bond acceptors (Lipinski definition) is 7. The molecular weight excluding hydrogens is 372 g/mol. The number of amides is 1. The van der Waals surface area contributed by atoms with Gasteiger partial charge in [0.1, 0.15) is 0 Å². The van der Waals surface area contributed by atoms with Crippen LogP contribution in [-0.2, 0) is 21.2 Å². The summed E-state index contributed by atoms with van der Waals surface area (Å²) < 4.78 is 29.9. The molecule has 2 rings (SSSR count). The zero-order chi connectivity index (χ0) is 19.7. The van der Waals surface area contributed by atoms with Gasteiger partial charge in [-0.05, 0) is 12.3 Å². The minimum Gasteiger partial charge on any atom is -0.339 e. The van der Waals surface area contributed by atoms with E-state index in [0.29, 0.717) is 18.1 Å². The Morgan fingerprint density at radius 2 is 2.07 bits per heavy atom. The summed E-state index contributed by atoms with van der Waals surface area (Å²) in [5.41, 5.74) is 1.66. The highest BCUT2D eigenvalue weighted by molar-refractivity contribution is 7.88. The zero-order valence-corrected chi connectivity index (χ0v) is 16.6. The molecule has 10 heteroatoms. The van der Waals surface area contributed by atoms with Crippen LogP contribution < -0.4 is 10.2 Å². The van der Waals surface area contributed by atoms with Crippen LogP contribution in [0.15, 0.2) is 4.52 Å². The van der Waals surface area contributed by atoms with Crippen molar-refractivity contribution in [3.8, 4) is 0 Å². The molecule has 1 amide bonds. The molecule has 0 aromatic carbocycles. The Hall–Kier alpha value is -1.52. The lowest BCUT2D eigenvalue weighted by Gasteiger charge is -2.22. The normalized spacial score (nSPS) is 17.0. The molecule has 1 saturated carbocycles. The summed E-state index contributed by atoms with van der Waals surface area (Å²) in [5, 5.41) is 12.7. The maximum absolute atomic E-state index is 11.6. The van der Waals surface area contributed by atoms with Gasteiger partial charge >= 0.3 is 0 Å². The molecule has 0 unspecified atom stereocenters. The van der Waals surface area contributed by atoms with E-state index in [9.17, 15) is 13.2 Å². The summed E-state index contributed by atoms with van der Waals surface area (Å²) in [6.45, 7) is 0.182. The van der Waals surface area contributed by atoms with E-state index in [0.717, 1.165) is 31.4 Å². The molecule has 1 aromatic heterocycles. The van der Waals surface area contributed by atoms with Crippen LogP contribution in [0, 0.1) is 5.92 Å². The van der Waals surface area contributed by atoms with Gasteiger partial charge in [0.2, 0.25) is 21.8 Å². The molecule has 27 heavy (non-hydrogen) atoms. The molecule has 3 N–H and O–H groups in total. The van der Waals surface area contributed by atoms with Crippen molar-refractivity contribution >= 4 is 15.9 Å². The molecule has 154 valence electrons. The van der Waals surface area contributed by atoms with E-state index >= 15 is 0 Å². The van der Waals surface area contributed by atoms with E-state index in [4.69, 9.17) is 9.73 Å². The van der Waals surface area contributed by atoms with Crippen molar-refractivity contribution in [3.05, 3.63) is 11.7 Å². The van der Waals surface area contributed by atoms with Crippen molar-refractivity contribution in [1.82, 2.24) is 20.3 Å². The standard InChI is InChI=1S/C17H30N4O5S/c1-27(24,25)18-11-10-15-19-17(26-21-15)14(12-16(22)20-23)9-5-8-13-6-3-2-4-7-13/h13-14,18,23H,2-12H2,1H3,(H,20,22)/t14-/m1/s1. The largest absolute Gasteiger partial charge is 0.339 e. The van der Waals surface area contributed by atoms with Gasteiger partial charge in [-0.3, -0.25) is 10.0 Å². The number of hydroxylamine groups is 1. The van der Waals surface area contributed by atoms with E-state index < -0.39 is 15.9 Å². The fraction of sp³-hybridized carbons (Fsp3) is 0.824. The lowest BCUT2D eigenvalue weighted by atomic mass is 9.84. The van der Waals surface area contributed by atoms with Gasteiger partial charge in [0.25, 0.3) is 0 Å². The van der Waals surface area contributed by atoms with Gasteiger partial charge in [0, 0.05) is 25.3 Å². The third-order valence-electron chi connectivity index (χ3n) is 4.99. The average molecular weight is 403 g/mol. The van der Waals surface area contributed by atoms with E-state index in [1.54, 1.807) is 5.48 Å². The van der Waals surface area contributed by atoms with Crippen LogP contribution in [0.3, 0.4) is 0 Å². The summed E-state index contributed by atoms with van der Waals surface area (Å²) >= 11 is 0. The summed E-state index contributed by atoms with van der Waals surface area (Å²) in [5.74, 6) is 0.756. The monoisotopic (exact) mass is 402 g/mol. The Bertz CT molecular complexity index is 685. The summed E-state index contributed by atoms with van der Waals surface area (Å²) in [6, 6.07) is 0. The second-order valence-corrected chi connectivity index (χ2v) is 9.17. The second kappa shape index (κ2) is 10.7. The second-order valence-electron chi connectivity index (χ2n) is 7.34. The Morgan fingerprint density at radius 1 is 1.33 bits per heavy atom. The first kappa shape index (κ1) is 21.8. The molecule has 1 heterocycles. The van der Waals surface area contributed by atoms with Crippen LogP contribution in [0.4, 0.5) is 0 Å². The number of aromatic nitrogens is 2. The van der Waals surface area contributed by atoms with Crippen molar-refractivity contribution in [3.63, 3.8) is 0 Å². The third-order valence-corrected chi connectivity index (χ3v) is 5.72. The topological polar surface area (TPSA) is 134 Å². The molecule has 0 bridgehead atoms. The molecule has 1 fully saturated rings. The van der Waals surface area contributed by atoms with Crippen LogP contribution in [0.1, 0.15) is 75.4 Å². The van der Waals surface area contributed by atoms with E-state index in [2.05, 4.69) is 14.9 Å². The minimum atomic E-state index is -3.26. The fourth-order valence-corrected chi connectivity index (χ4v) is 4.07. The van der Waals surface area contributed by atoms with E-state index in [1.165, 1.54) is 32.1 Å². The first-order valence-electron chi connectivity index (χ1n) is 9.57. The highest BCUT2D eigenvalue weighted by Gasteiger charge is 2.23. The Morgan fingerprint density at radius 3 is 2.74 bits per heavy atom. The predicted molar refractivity (Wildman–Crippen MR) is 98.6 cm³/mol. The van der Waals surface area contributed by atoms with Crippen LogP contribution in [0.5, 0.6) is 0 Å². The molecule has 0 spiro atoms. The molecule has 1 aliphatic rings. The molecule has 9 nitrogen and oxygen atoms in total. The number of nitrogens with one attached hydrogen (secondary N) is 2. The quantitative estimate of drug-likeness (QED) is 0.380. The van der Waals surface area contributed by atoms with Crippen molar-refractivity contribution in [2.24, 2.45) is 5.92 Å².